The topological polar surface area (TPSA) is 50.3 Å². The standard InChI is InChI=1S/C30H30N2O2S/c1-21-9-10-22(16-29(21)30-17-23-5-2-3-6-25(23)18-31-30)15-24-7-4-8-26-19-32(13-11-28(24)26)27-12-14-35(33,34)20-27/h2-10,16-18,27H,11-15,19-20H2,1H3. The maximum Gasteiger partial charge on any atom is 0.151 e. The molecule has 0 saturated carbocycles. The summed E-state index contributed by atoms with van der Waals surface area (Å²) < 4.78 is 23.9. The van der Waals surface area contributed by atoms with E-state index in [1.165, 1.54) is 38.8 Å². The molecule has 3 heterocycles. The van der Waals surface area contributed by atoms with Crippen molar-refractivity contribution in [2.24, 2.45) is 0 Å². The van der Waals surface area contributed by atoms with Crippen molar-refractivity contribution in [3.05, 3.63) is 101 Å². The highest BCUT2D eigenvalue weighted by atomic mass is 32.2. The second kappa shape index (κ2) is 8.89. The van der Waals surface area contributed by atoms with Gasteiger partial charge in [-0.05, 0) is 71.5 Å². The van der Waals surface area contributed by atoms with E-state index in [1.54, 1.807) is 0 Å². The van der Waals surface area contributed by atoms with Crippen molar-refractivity contribution >= 4 is 20.6 Å². The number of aromatic nitrogens is 1. The molecule has 5 heteroatoms. The zero-order valence-corrected chi connectivity index (χ0v) is 20.9. The summed E-state index contributed by atoms with van der Waals surface area (Å²) in [4.78, 5) is 7.15. The fraction of sp³-hybridized carbons (Fsp3) is 0.300. The quantitative estimate of drug-likeness (QED) is 0.394. The largest absolute Gasteiger partial charge is 0.295 e. The summed E-state index contributed by atoms with van der Waals surface area (Å²) in [5, 5.41) is 2.37. The Balaban J connectivity index is 1.26. The van der Waals surface area contributed by atoms with E-state index >= 15 is 0 Å². The predicted octanol–water partition coefficient (Wildman–Crippen LogP) is 5.35. The molecular weight excluding hydrogens is 452 g/mol. The van der Waals surface area contributed by atoms with Gasteiger partial charge >= 0.3 is 0 Å². The van der Waals surface area contributed by atoms with Gasteiger partial charge in [0.15, 0.2) is 9.84 Å². The smallest absolute Gasteiger partial charge is 0.151 e. The first-order chi connectivity index (χ1) is 16.9. The molecule has 6 rings (SSSR count). The molecule has 0 N–H and O–H groups in total. The van der Waals surface area contributed by atoms with E-state index in [1.807, 2.05) is 12.3 Å². The van der Waals surface area contributed by atoms with Crippen LogP contribution >= 0.6 is 0 Å². The van der Waals surface area contributed by atoms with Gasteiger partial charge < -0.3 is 0 Å². The van der Waals surface area contributed by atoms with Crippen LogP contribution < -0.4 is 0 Å². The van der Waals surface area contributed by atoms with Gasteiger partial charge in [-0.2, -0.15) is 0 Å². The summed E-state index contributed by atoms with van der Waals surface area (Å²) in [6, 6.07) is 24.1. The molecule has 1 saturated heterocycles. The SMILES string of the molecule is Cc1ccc(Cc2cccc3c2CCN(C2CCS(=O)(=O)C2)C3)cc1-c1cc2ccccc2cn1. The minimum Gasteiger partial charge on any atom is -0.295 e. The van der Waals surface area contributed by atoms with E-state index in [2.05, 4.69) is 72.5 Å². The van der Waals surface area contributed by atoms with E-state index < -0.39 is 9.84 Å². The van der Waals surface area contributed by atoms with Crippen molar-refractivity contribution in [2.75, 3.05) is 18.1 Å². The Bertz CT molecular complexity index is 1530. The second-order valence-electron chi connectivity index (χ2n) is 10.1. The number of rotatable bonds is 4. The highest BCUT2D eigenvalue weighted by Crippen LogP contribution is 2.30. The number of nitrogens with zero attached hydrogens (tertiary/aromatic N) is 2. The number of hydrogen-bond acceptors (Lipinski definition) is 4. The highest BCUT2D eigenvalue weighted by Gasteiger charge is 2.33. The summed E-state index contributed by atoms with van der Waals surface area (Å²) in [7, 11) is -2.86. The summed E-state index contributed by atoms with van der Waals surface area (Å²) >= 11 is 0. The molecule has 4 aromatic rings. The Hall–Kier alpha value is -3.02. The van der Waals surface area contributed by atoms with Crippen molar-refractivity contribution < 1.29 is 8.42 Å². The molecule has 0 amide bonds. The first-order valence-corrected chi connectivity index (χ1v) is 14.3. The van der Waals surface area contributed by atoms with Crippen LogP contribution in [0.1, 0.15) is 34.2 Å². The summed E-state index contributed by atoms with van der Waals surface area (Å²) in [5.74, 6) is 0.653. The lowest BCUT2D eigenvalue weighted by Gasteiger charge is -2.34. The number of benzene rings is 3. The van der Waals surface area contributed by atoms with Gasteiger partial charge in [0.05, 0.1) is 17.2 Å². The zero-order valence-electron chi connectivity index (χ0n) is 20.1. The average Bonchev–Trinajstić information content (AvgIpc) is 3.24. The van der Waals surface area contributed by atoms with Gasteiger partial charge in [0, 0.05) is 36.3 Å². The fourth-order valence-electron chi connectivity index (χ4n) is 5.76. The molecule has 1 fully saturated rings. The van der Waals surface area contributed by atoms with Crippen LogP contribution in [-0.2, 0) is 29.2 Å². The number of sulfone groups is 1. The number of fused-ring (bicyclic) bond motifs is 2. The Morgan fingerprint density at radius 2 is 1.86 bits per heavy atom. The van der Waals surface area contributed by atoms with Crippen molar-refractivity contribution in [3.8, 4) is 11.3 Å². The van der Waals surface area contributed by atoms with Crippen LogP contribution in [0.3, 0.4) is 0 Å². The van der Waals surface area contributed by atoms with E-state index in [0.717, 1.165) is 43.4 Å². The van der Waals surface area contributed by atoms with E-state index in [9.17, 15) is 8.42 Å². The van der Waals surface area contributed by atoms with Gasteiger partial charge in [0.1, 0.15) is 0 Å². The minimum absolute atomic E-state index is 0.172. The Labute approximate surface area is 207 Å². The van der Waals surface area contributed by atoms with Crippen LogP contribution in [0.15, 0.2) is 72.9 Å². The third-order valence-corrected chi connectivity index (χ3v) is 9.47. The molecule has 178 valence electrons. The first kappa shape index (κ1) is 22.4. The number of aryl methyl sites for hydroxylation is 1. The minimum atomic E-state index is -2.86. The fourth-order valence-corrected chi connectivity index (χ4v) is 7.52. The normalized spacial score (nSPS) is 19.6. The highest BCUT2D eigenvalue weighted by molar-refractivity contribution is 7.91. The van der Waals surface area contributed by atoms with Crippen LogP contribution in [0, 0.1) is 6.92 Å². The molecule has 4 nitrogen and oxygen atoms in total. The third kappa shape index (κ3) is 4.51. The number of pyridine rings is 1. The van der Waals surface area contributed by atoms with Crippen LogP contribution in [0.4, 0.5) is 0 Å². The van der Waals surface area contributed by atoms with Gasteiger partial charge in [-0.1, -0.05) is 54.6 Å². The summed E-state index contributed by atoms with van der Waals surface area (Å²) in [6.45, 7) is 3.94. The molecule has 0 radical (unpaired) electrons. The molecule has 2 aliphatic heterocycles. The third-order valence-electron chi connectivity index (χ3n) is 7.72. The van der Waals surface area contributed by atoms with Gasteiger partial charge in [-0.15, -0.1) is 0 Å². The monoisotopic (exact) mass is 482 g/mol. The first-order valence-electron chi connectivity index (χ1n) is 12.4. The molecule has 1 unspecified atom stereocenters. The molecule has 1 atom stereocenters. The average molecular weight is 483 g/mol. The lowest BCUT2D eigenvalue weighted by molar-refractivity contribution is 0.194. The summed E-state index contributed by atoms with van der Waals surface area (Å²) in [6.07, 6.45) is 4.60. The molecule has 35 heavy (non-hydrogen) atoms. The van der Waals surface area contributed by atoms with Gasteiger partial charge in [-0.3, -0.25) is 9.88 Å². The maximum atomic E-state index is 12.0. The molecule has 0 bridgehead atoms. The lowest BCUT2D eigenvalue weighted by Crippen LogP contribution is -2.40. The lowest BCUT2D eigenvalue weighted by atomic mass is 9.89. The molecule has 1 aromatic heterocycles. The van der Waals surface area contributed by atoms with E-state index in [4.69, 9.17) is 4.98 Å². The molecule has 0 spiro atoms. The van der Waals surface area contributed by atoms with Crippen LogP contribution in [0.25, 0.3) is 22.0 Å². The maximum absolute atomic E-state index is 12.0. The zero-order chi connectivity index (χ0) is 24.0. The van der Waals surface area contributed by atoms with Gasteiger partial charge in [0.25, 0.3) is 0 Å². The Morgan fingerprint density at radius 1 is 1.00 bits per heavy atom. The van der Waals surface area contributed by atoms with Gasteiger partial charge in [0.2, 0.25) is 0 Å². The van der Waals surface area contributed by atoms with Gasteiger partial charge in [-0.25, -0.2) is 8.42 Å². The predicted molar refractivity (Wildman–Crippen MR) is 142 cm³/mol. The van der Waals surface area contributed by atoms with E-state index in [0.29, 0.717) is 11.5 Å². The second-order valence-corrected chi connectivity index (χ2v) is 12.3. The molecule has 3 aromatic carbocycles. The van der Waals surface area contributed by atoms with Crippen LogP contribution in [-0.4, -0.2) is 42.4 Å². The molecule has 2 aliphatic rings. The molecular formula is C30H30N2O2S. The Kier molecular flexibility index (Phi) is 5.70. The van der Waals surface area contributed by atoms with Crippen LogP contribution in [0.5, 0.6) is 0 Å². The van der Waals surface area contributed by atoms with E-state index in [-0.39, 0.29) is 6.04 Å². The summed E-state index contributed by atoms with van der Waals surface area (Å²) in [5.41, 5.74) is 8.89. The molecule has 0 aliphatic carbocycles. The van der Waals surface area contributed by atoms with Crippen molar-refractivity contribution in [3.63, 3.8) is 0 Å². The van der Waals surface area contributed by atoms with Crippen molar-refractivity contribution in [2.45, 2.75) is 38.8 Å². The van der Waals surface area contributed by atoms with Crippen LogP contribution in [0.2, 0.25) is 0 Å². The van der Waals surface area contributed by atoms with Crippen molar-refractivity contribution in [1.29, 1.82) is 0 Å². The number of hydrogen-bond donors (Lipinski definition) is 0. The Morgan fingerprint density at radius 3 is 2.69 bits per heavy atom. The van der Waals surface area contributed by atoms with Crippen molar-refractivity contribution in [1.82, 2.24) is 9.88 Å².